The number of methoxy groups -OCH3 is 1. The van der Waals surface area contributed by atoms with E-state index >= 15 is 0 Å². The van der Waals surface area contributed by atoms with Crippen molar-refractivity contribution in [3.05, 3.63) is 29.8 Å². The summed E-state index contributed by atoms with van der Waals surface area (Å²) in [5.41, 5.74) is 6.82. The number of benzene rings is 1. The summed E-state index contributed by atoms with van der Waals surface area (Å²) in [5.74, 6) is -0.352. The van der Waals surface area contributed by atoms with E-state index in [1.807, 2.05) is 0 Å². The average molecular weight is 299 g/mol. The van der Waals surface area contributed by atoms with Crippen LogP contribution in [0.25, 0.3) is 0 Å². The van der Waals surface area contributed by atoms with Crippen molar-refractivity contribution in [2.45, 2.75) is 12.8 Å². The standard InChI is InChI=1S/C14H18N2O3.ClH/c1-19-14(18)10-6-8-16(9-7-10)13(17)11-4-2-3-5-12(11)15;/h2-5,10H,6-9,15H2,1H3;1H. The molecule has 0 unspecified atom stereocenters. The number of para-hydroxylation sites is 1. The van der Waals surface area contributed by atoms with Crippen LogP contribution in [-0.4, -0.2) is 37.0 Å². The molecule has 0 bridgehead atoms. The second-order valence-electron chi connectivity index (χ2n) is 4.68. The first kappa shape index (κ1) is 16.3. The number of anilines is 1. The molecule has 1 aromatic carbocycles. The summed E-state index contributed by atoms with van der Waals surface area (Å²) in [4.78, 5) is 25.5. The van der Waals surface area contributed by atoms with Gasteiger partial charge in [-0.3, -0.25) is 9.59 Å². The van der Waals surface area contributed by atoms with Crippen LogP contribution in [0, 0.1) is 5.92 Å². The lowest BCUT2D eigenvalue weighted by Gasteiger charge is -2.31. The molecule has 2 N–H and O–H groups in total. The highest BCUT2D eigenvalue weighted by Gasteiger charge is 2.28. The van der Waals surface area contributed by atoms with Crippen LogP contribution in [-0.2, 0) is 9.53 Å². The zero-order chi connectivity index (χ0) is 13.8. The molecule has 1 saturated heterocycles. The molecular formula is C14H19ClN2O3. The number of nitrogen functional groups attached to an aromatic ring is 1. The van der Waals surface area contributed by atoms with Crippen molar-refractivity contribution in [2.75, 3.05) is 25.9 Å². The molecule has 1 heterocycles. The minimum atomic E-state index is -0.189. The molecule has 1 aromatic rings. The first-order chi connectivity index (χ1) is 9.13. The van der Waals surface area contributed by atoms with Gasteiger partial charge in [-0.15, -0.1) is 12.4 Å². The number of piperidine rings is 1. The fourth-order valence-electron chi connectivity index (χ4n) is 2.35. The Balaban J connectivity index is 0.00000200. The van der Waals surface area contributed by atoms with Gasteiger partial charge in [-0.1, -0.05) is 12.1 Å². The number of ether oxygens (including phenoxy) is 1. The molecule has 0 spiro atoms. The summed E-state index contributed by atoms with van der Waals surface area (Å²) >= 11 is 0. The minimum absolute atomic E-state index is 0. The van der Waals surface area contributed by atoms with Crippen LogP contribution in [0.3, 0.4) is 0 Å². The van der Waals surface area contributed by atoms with Gasteiger partial charge >= 0.3 is 5.97 Å². The normalized spacial score (nSPS) is 15.3. The largest absolute Gasteiger partial charge is 0.469 e. The number of hydrogen-bond acceptors (Lipinski definition) is 4. The second-order valence-corrected chi connectivity index (χ2v) is 4.68. The molecule has 0 aromatic heterocycles. The Kier molecular flexibility index (Phi) is 5.82. The van der Waals surface area contributed by atoms with Crippen molar-refractivity contribution in [2.24, 2.45) is 5.92 Å². The van der Waals surface area contributed by atoms with E-state index in [1.54, 1.807) is 29.2 Å². The Labute approximate surface area is 124 Å². The molecule has 110 valence electrons. The Morgan fingerprint density at radius 1 is 1.25 bits per heavy atom. The van der Waals surface area contributed by atoms with E-state index in [0.717, 1.165) is 0 Å². The number of rotatable bonds is 2. The maximum absolute atomic E-state index is 12.3. The lowest BCUT2D eigenvalue weighted by molar-refractivity contribution is -0.146. The SMILES string of the molecule is COC(=O)C1CCN(C(=O)c2ccccc2N)CC1.Cl. The third-order valence-corrected chi connectivity index (χ3v) is 3.51. The van der Waals surface area contributed by atoms with Gasteiger partial charge in [0.05, 0.1) is 18.6 Å². The number of nitrogens with two attached hydrogens (primary N) is 1. The van der Waals surface area contributed by atoms with Gasteiger partial charge < -0.3 is 15.4 Å². The number of amides is 1. The van der Waals surface area contributed by atoms with E-state index in [9.17, 15) is 9.59 Å². The summed E-state index contributed by atoms with van der Waals surface area (Å²) in [5, 5.41) is 0. The van der Waals surface area contributed by atoms with Gasteiger partial charge in [0, 0.05) is 18.8 Å². The highest BCUT2D eigenvalue weighted by Crippen LogP contribution is 2.21. The summed E-state index contributed by atoms with van der Waals surface area (Å²) in [6.07, 6.45) is 1.29. The van der Waals surface area contributed by atoms with Crippen molar-refractivity contribution in [1.82, 2.24) is 4.90 Å². The maximum atomic E-state index is 12.3. The molecule has 20 heavy (non-hydrogen) atoms. The predicted octanol–water partition coefficient (Wildman–Crippen LogP) is 1.72. The van der Waals surface area contributed by atoms with Crippen LogP contribution in [0.5, 0.6) is 0 Å². The van der Waals surface area contributed by atoms with E-state index < -0.39 is 0 Å². The van der Waals surface area contributed by atoms with Gasteiger partial charge in [-0.2, -0.15) is 0 Å². The topological polar surface area (TPSA) is 72.6 Å². The quantitative estimate of drug-likeness (QED) is 0.666. The first-order valence-corrected chi connectivity index (χ1v) is 6.35. The van der Waals surface area contributed by atoms with Crippen molar-refractivity contribution in [1.29, 1.82) is 0 Å². The molecule has 0 atom stereocenters. The predicted molar refractivity (Wildman–Crippen MR) is 78.7 cm³/mol. The number of hydrogen-bond donors (Lipinski definition) is 1. The molecule has 5 nitrogen and oxygen atoms in total. The molecule has 1 aliphatic heterocycles. The van der Waals surface area contributed by atoms with Crippen molar-refractivity contribution >= 4 is 30.0 Å². The smallest absolute Gasteiger partial charge is 0.308 e. The number of esters is 1. The fourth-order valence-corrected chi connectivity index (χ4v) is 2.35. The van der Waals surface area contributed by atoms with Gasteiger partial charge in [0.1, 0.15) is 0 Å². The number of halogens is 1. The number of nitrogens with zero attached hydrogens (tertiary/aromatic N) is 1. The molecule has 1 fully saturated rings. The van der Waals surface area contributed by atoms with Crippen LogP contribution in [0.15, 0.2) is 24.3 Å². The average Bonchev–Trinajstić information content (AvgIpc) is 2.46. The number of carbonyl (C=O) groups is 2. The number of likely N-dealkylation sites (tertiary alicyclic amines) is 1. The Morgan fingerprint density at radius 2 is 1.85 bits per heavy atom. The minimum Gasteiger partial charge on any atom is -0.469 e. The van der Waals surface area contributed by atoms with Gasteiger partial charge in [0.2, 0.25) is 0 Å². The zero-order valence-electron chi connectivity index (χ0n) is 11.4. The Hall–Kier alpha value is -1.75. The van der Waals surface area contributed by atoms with Gasteiger partial charge in [-0.05, 0) is 25.0 Å². The Morgan fingerprint density at radius 3 is 2.40 bits per heavy atom. The summed E-state index contributed by atoms with van der Waals surface area (Å²) < 4.78 is 4.73. The van der Waals surface area contributed by atoms with E-state index in [0.29, 0.717) is 37.2 Å². The third kappa shape index (κ3) is 3.42. The van der Waals surface area contributed by atoms with Crippen LogP contribution >= 0.6 is 12.4 Å². The molecule has 1 amide bonds. The van der Waals surface area contributed by atoms with Crippen LogP contribution in [0.1, 0.15) is 23.2 Å². The van der Waals surface area contributed by atoms with E-state index in [2.05, 4.69) is 0 Å². The molecule has 2 rings (SSSR count). The van der Waals surface area contributed by atoms with Crippen molar-refractivity contribution in [3.8, 4) is 0 Å². The second kappa shape index (κ2) is 7.14. The summed E-state index contributed by atoms with van der Waals surface area (Å²) in [6.45, 7) is 1.12. The van der Waals surface area contributed by atoms with Crippen molar-refractivity contribution in [3.63, 3.8) is 0 Å². The van der Waals surface area contributed by atoms with Gasteiger partial charge in [0.25, 0.3) is 5.91 Å². The van der Waals surface area contributed by atoms with E-state index in [1.165, 1.54) is 7.11 Å². The first-order valence-electron chi connectivity index (χ1n) is 6.35. The number of carbonyl (C=O) groups excluding carboxylic acids is 2. The molecule has 1 aliphatic rings. The van der Waals surface area contributed by atoms with Crippen LogP contribution in [0.2, 0.25) is 0 Å². The van der Waals surface area contributed by atoms with Crippen LogP contribution in [0.4, 0.5) is 5.69 Å². The monoisotopic (exact) mass is 298 g/mol. The fraction of sp³-hybridized carbons (Fsp3) is 0.429. The summed E-state index contributed by atoms with van der Waals surface area (Å²) in [7, 11) is 1.39. The van der Waals surface area contributed by atoms with Gasteiger partial charge in [0.15, 0.2) is 0 Å². The van der Waals surface area contributed by atoms with Crippen molar-refractivity contribution < 1.29 is 14.3 Å². The van der Waals surface area contributed by atoms with Gasteiger partial charge in [-0.25, -0.2) is 0 Å². The zero-order valence-corrected chi connectivity index (χ0v) is 12.2. The molecule has 0 aliphatic carbocycles. The molecule has 0 saturated carbocycles. The lowest BCUT2D eigenvalue weighted by Crippen LogP contribution is -2.40. The van der Waals surface area contributed by atoms with E-state index in [-0.39, 0.29) is 30.2 Å². The Bertz CT molecular complexity index is 485. The maximum Gasteiger partial charge on any atom is 0.308 e. The van der Waals surface area contributed by atoms with E-state index in [4.69, 9.17) is 10.5 Å². The third-order valence-electron chi connectivity index (χ3n) is 3.51. The highest BCUT2D eigenvalue weighted by atomic mass is 35.5. The lowest BCUT2D eigenvalue weighted by atomic mass is 9.96. The highest BCUT2D eigenvalue weighted by molar-refractivity contribution is 5.99. The molecule has 0 radical (unpaired) electrons. The summed E-state index contributed by atoms with van der Waals surface area (Å²) in [6, 6.07) is 7.04. The molecular weight excluding hydrogens is 280 g/mol. The van der Waals surface area contributed by atoms with Crippen LogP contribution < -0.4 is 5.73 Å². The molecule has 6 heteroatoms.